The molecule has 0 spiro atoms. The fourth-order valence-electron chi connectivity index (χ4n) is 3.80. The maximum atomic E-state index is 12.6. The van der Waals surface area contributed by atoms with Gasteiger partial charge in [0.25, 0.3) is 0 Å². The highest BCUT2D eigenvalue weighted by molar-refractivity contribution is 5.93. The molecule has 1 N–H and O–H groups in total. The molecular formula is C21H23N3O2. The second-order valence-electron chi connectivity index (χ2n) is 7.05. The van der Waals surface area contributed by atoms with E-state index in [4.69, 9.17) is 0 Å². The summed E-state index contributed by atoms with van der Waals surface area (Å²) in [6, 6.07) is 2.00. The predicted octanol–water partition coefficient (Wildman–Crippen LogP) is 3.25. The molecule has 0 saturated carbocycles. The van der Waals surface area contributed by atoms with E-state index < -0.39 is 0 Å². The molecule has 1 aliphatic carbocycles. The van der Waals surface area contributed by atoms with Crippen LogP contribution in [0.3, 0.4) is 0 Å². The lowest BCUT2D eigenvalue weighted by Crippen LogP contribution is -2.30. The number of amides is 2. The van der Waals surface area contributed by atoms with E-state index in [1.807, 2.05) is 17.0 Å². The summed E-state index contributed by atoms with van der Waals surface area (Å²) in [5, 5.41) is 2.78. The highest BCUT2D eigenvalue weighted by Gasteiger charge is 2.19. The number of allylic oxidation sites excluding steroid dienone is 2. The van der Waals surface area contributed by atoms with Gasteiger partial charge >= 0.3 is 0 Å². The van der Waals surface area contributed by atoms with Crippen LogP contribution in [-0.4, -0.2) is 34.8 Å². The van der Waals surface area contributed by atoms with Crippen molar-refractivity contribution in [3.8, 4) is 0 Å². The van der Waals surface area contributed by atoms with Crippen LogP contribution >= 0.6 is 0 Å². The fraction of sp³-hybridized carbons (Fsp3) is 0.381. The Morgan fingerprint density at radius 1 is 1.15 bits per heavy atom. The largest absolute Gasteiger partial charge is 0.339 e. The molecule has 0 fully saturated rings. The lowest BCUT2D eigenvalue weighted by atomic mass is 9.94. The Bertz CT molecular complexity index is 836. The number of pyridine rings is 1. The average molecular weight is 349 g/mol. The van der Waals surface area contributed by atoms with Crippen molar-refractivity contribution in [2.24, 2.45) is 0 Å². The first-order chi connectivity index (χ1) is 12.7. The van der Waals surface area contributed by atoms with Gasteiger partial charge in [0.05, 0.1) is 0 Å². The second-order valence-corrected chi connectivity index (χ2v) is 7.05. The number of aryl methyl sites for hydroxylation is 1. The summed E-state index contributed by atoms with van der Waals surface area (Å²) in [4.78, 5) is 30.2. The van der Waals surface area contributed by atoms with Crippen LogP contribution in [0, 0.1) is 0 Å². The second kappa shape index (κ2) is 7.28. The van der Waals surface area contributed by atoms with E-state index in [9.17, 15) is 9.59 Å². The Balaban J connectivity index is 1.40. The molecule has 2 amide bonds. The third-order valence-electron chi connectivity index (χ3n) is 5.32. The zero-order valence-corrected chi connectivity index (χ0v) is 14.8. The molecule has 5 heteroatoms. The molecule has 1 aromatic heterocycles. The van der Waals surface area contributed by atoms with E-state index in [1.165, 1.54) is 11.1 Å². The number of anilines is 1. The Labute approximate surface area is 153 Å². The molecule has 0 aromatic carbocycles. The molecular weight excluding hydrogens is 326 g/mol. The van der Waals surface area contributed by atoms with E-state index in [0.29, 0.717) is 18.7 Å². The van der Waals surface area contributed by atoms with Gasteiger partial charge in [0.15, 0.2) is 0 Å². The van der Waals surface area contributed by atoms with Crippen molar-refractivity contribution in [3.05, 3.63) is 52.8 Å². The van der Waals surface area contributed by atoms with Crippen molar-refractivity contribution in [2.45, 2.75) is 38.5 Å². The number of hydrogen-bond acceptors (Lipinski definition) is 3. The molecule has 0 atom stereocenters. The Morgan fingerprint density at radius 2 is 2.04 bits per heavy atom. The van der Waals surface area contributed by atoms with Gasteiger partial charge in [-0.05, 0) is 60.9 Å². The van der Waals surface area contributed by atoms with Crippen LogP contribution < -0.4 is 5.32 Å². The van der Waals surface area contributed by atoms with Gasteiger partial charge in [-0.2, -0.15) is 0 Å². The van der Waals surface area contributed by atoms with Crippen LogP contribution in [-0.2, 0) is 16.0 Å². The minimum absolute atomic E-state index is 0.00999. The lowest BCUT2D eigenvalue weighted by Gasteiger charge is -2.18. The zero-order valence-electron chi connectivity index (χ0n) is 14.8. The third kappa shape index (κ3) is 3.62. The van der Waals surface area contributed by atoms with Crippen LogP contribution in [0.1, 0.15) is 43.2 Å². The third-order valence-corrected chi connectivity index (χ3v) is 5.32. The van der Waals surface area contributed by atoms with Gasteiger partial charge in [0.2, 0.25) is 11.8 Å². The van der Waals surface area contributed by atoms with Crippen molar-refractivity contribution in [3.63, 3.8) is 0 Å². The molecule has 1 aromatic rings. The van der Waals surface area contributed by atoms with Crippen molar-refractivity contribution in [1.82, 2.24) is 9.88 Å². The van der Waals surface area contributed by atoms with Crippen molar-refractivity contribution in [1.29, 1.82) is 0 Å². The molecule has 3 heterocycles. The summed E-state index contributed by atoms with van der Waals surface area (Å²) in [6.07, 6.45) is 15.0. The summed E-state index contributed by atoms with van der Waals surface area (Å²) < 4.78 is 0. The SMILES string of the molecule is O=C1CCc2cc(/C=C/C(=O)N3CCC4=C(CCC=C4)CC3)cnc2N1. The average Bonchev–Trinajstić information content (AvgIpc) is 2.89. The Hall–Kier alpha value is -2.69. The zero-order chi connectivity index (χ0) is 17.9. The quantitative estimate of drug-likeness (QED) is 0.834. The summed E-state index contributed by atoms with van der Waals surface area (Å²) in [5.41, 5.74) is 4.87. The topological polar surface area (TPSA) is 62.3 Å². The Kier molecular flexibility index (Phi) is 4.69. The van der Waals surface area contributed by atoms with Crippen LogP contribution in [0.4, 0.5) is 5.82 Å². The van der Waals surface area contributed by atoms with E-state index in [-0.39, 0.29) is 11.8 Å². The van der Waals surface area contributed by atoms with Crippen molar-refractivity contribution < 1.29 is 9.59 Å². The van der Waals surface area contributed by atoms with Crippen LogP contribution in [0.15, 0.2) is 41.6 Å². The number of rotatable bonds is 2. The summed E-state index contributed by atoms with van der Waals surface area (Å²) >= 11 is 0. The first-order valence-corrected chi connectivity index (χ1v) is 9.32. The van der Waals surface area contributed by atoms with E-state index >= 15 is 0 Å². The Morgan fingerprint density at radius 3 is 2.96 bits per heavy atom. The molecule has 5 nitrogen and oxygen atoms in total. The highest BCUT2D eigenvalue weighted by atomic mass is 16.2. The van der Waals surface area contributed by atoms with E-state index in [0.717, 1.165) is 49.9 Å². The number of nitrogens with zero attached hydrogens (tertiary/aromatic N) is 2. The highest BCUT2D eigenvalue weighted by Crippen LogP contribution is 2.27. The minimum Gasteiger partial charge on any atom is -0.339 e. The molecule has 4 rings (SSSR count). The van der Waals surface area contributed by atoms with E-state index in [1.54, 1.807) is 12.3 Å². The molecule has 0 radical (unpaired) electrons. The van der Waals surface area contributed by atoms with Crippen molar-refractivity contribution >= 4 is 23.7 Å². The molecule has 0 saturated heterocycles. The molecule has 0 bridgehead atoms. The van der Waals surface area contributed by atoms with Crippen LogP contribution in [0.2, 0.25) is 0 Å². The molecule has 134 valence electrons. The van der Waals surface area contributed by atoms with Gasteiger partial charge in [-0.15, -0.1) is 0 Å². The molecule has 26 heavy (non-hydrogen) atoms. The van der Waals surface area contributed by atoms with Gasteiger partial charge in [0, 0.05) is 31.8 Å². The number of carbonyl (C=O) groups is 2. The lowest BCUT2D eigenvalue weighted by molar-refractivity contribution is -0.125. The predicted molar refractivity (Wildman–Crippen MR) is 101 cm³/mol. The first kappa shape index (κ1) is 16.8. The number of fused-ring (bicyclic) bond motifs is 1. The summed E-state index contributed by atoms with van der Waals surface area (Å²) in [7, 11) is 0. The fourth-order valence-corrected chi connectivity index (χ4v) is 3.80. The maximum Gasteiger partial charge on any atom is 0.246 e. The number of aromatic nitrogens is 1. The van der Waals surface area contributed by atoms with Crippen LogP contribution in [0.25, 0.3) is 6.08 Å². The summed E-state index contributed by atoms with van der Waals surface area (Å²) in [5.74, 6) is 0.706. The minimum atomic E-state index is 0.00999. The number of nitrogens with one attached hydrogen (secondary N) is 1. The van der Waals surface area contributed by atoms with E-state index in [2.05, 4.69) is 22.5 Å². The molecule has 2 aliphatic heterocycles. The molecule has 0 unspecified atom stereocenters. The molecule has 3 aliphatic rings. The van der Waals surface area contributed by atoms with Gasteiger partial charge < -0.3 is 10.2 Å². The van der Waals surface area contributed by atoms with Gasteiger partial charge in [0.1, 0.15) is 5.82 Å². The monoisotopic (exact) mass is 349 g/mol. The van der Waals surface area contributed by atoms with Crippen molar-refractivity contribution in [2.75, 3.05) is 18.4 Å². The van der Waals surface area contributed by atoms with Crippen LogP contribution in [0.5, 0.6) is 0 Å². The smallest absolute Gasteiger partial charge is 0.246 e. The first-order valence-electron chi connectivity index (χ1n) is 9.32. The van der Waals surface area contributed by atoms with Gasteiger partial charge in [-0.3, -0.25) is 9.59 Å². The standard InChI is InChI=1S/C21H23N3O2/c25-19-7-6-18-13-15(14-22-21(18)23-19)5-8-20(26)24-11-9-16-3-1-2-4-17(16)10-12-24/h1,3,5,8,13-14H,2,4,6-7,9-12H2,(H,22,23,25)/b8-5+. The number of carbonyl (C=O) groups excluding carboxylic acids is 2. The summed E-state index contributed by atoms with van der Waals surface area (Å²) in [6.45, 7) is 1.57. The van der Waals surface area contributed by atoms with Gasteiger partial charge in [-0.1, -0.05) is 17.7 Å². The van der Waals surface area contributed by atoms with Gasteiger partial charge in [-0.25, -0.2) is 4.98 Å². The maximum absolute atomic E-state index is 12.6. The number of hydrogen-bond donors (Lipinski definition) is 1. The normalized spacial score (nSPS) is 19.8.